The summed E-state index contributed by atoms with van der Waals surface area (Å²) in [6, 6.07) is 2.33. The normalized spacial score (nSPS) is 44.4. The number of hydrogen-bond acceptors (Lipinski definition) is 5. The first-order valence-corrected chi connectivity index (χ1v) is 7.81. The van der Waals surface area contributed by atoms with E-state index in [1.54, 1.807) is 0 Å². The lowest BCUT2D eigenvalue weighted by molar-refractivity contribution is -0.169. The van der Waals surface area contributed by atoms with Crippen molar-refractivity contribution in [3.05, 3.63) is 0 Å². The molecule has 7 atom stereocenters. The highest BCUT2D eigenvalue weighted by Gasteiger charge is 2.64. The Morgan fingerprint density at radius 1 is 1.43 bits per heavy atom. The molecule has 5 nitrogen and oxygen atoms in total. The molecule has 21 heavy (non-hydrogen) atoms. The van der Waals surface area contributed by atoms with E-state index in [1.807, 2.05) is 20.8 Å². The van der Waals surface area contributed by atoms with Crippen molar-refractivity contribution in [1.29, 1.82) is 5.26 Å². The van der Waals surface area contributed by atoms with Crippen molar-refractivity contribution >= 4 is 5.97 Å². The Balaban J connectivity index is 1.80. The van der Waals surface area contributed by atoms with Gasteiger partial charge in [0.1, 0.15) is 6.10 Å². The summed E-state index contributed by atoms with van der Waals surface area (Å²) in [6.07, 6.45) is 0.390. The van der Waals surface area contributed by atoms with Crippen LogP contribution in [0.25, 0.3) is 0 Å². The fraction of sp³-hybridized carbons (Fsp3) is 0.875. The topological polar surface area (TPSA) is 79.6 Å². The molecule has 1 saturated heterocycles. The molecular weight excluding hydrogens is 270 g/mol. The first-order chi connectivity index (χ1) is 9.90. The number of carbonyl (C=O) groups is 1. The second-order valence-electron chi connectivity index (χ2n) is 7.29. The lowest BCUT2D eigenvalue weighted by atomic mass is 9.74. The summed E-state index contributed by atoms with van der Waals surface area (Å²) in [4.78, 5) is 12.3. The van der Waals surface area contributed by atoms with E-state index in [2.05, 4.69) is 6.07 Å². The maximum absolute atomic E-state index is 12.3. The molecule has 0 amide bonds. The summed E-state index contributed by atoms with van der Waals surface area (Å²) < 4.78 is 11.1. The van der Waals surface area contributed by atoms with E-state index >= 15 is 0 Å². The van der Waals surface area contributed by atoms with Gasteiger partial charge in [-0.3, -0.25) is 4.79 Å². The van der Waals surface area contributed by atoms with Gasteiger partial charge in [-0.2, -0.15) is 5.26 Å². The van der Waals surface area contributed by atoms with E-state index in [0.717, 1.165) is 6.42 Å². The molecule has 5 heteroatoms. The van der Waals surface area contributed by atoms with Crippen LogP contribution in [0.15, 0.2) is 0 Å². The van der Waals surface area contributed by atoms with Crippen molar-refractivity contribution in [3.63, 3.8) is 0 Å². The van der Waals surface area contributed by atoms with Crippen LogP contribution in [0.4, 0.5) is 0 Å². The maximum Gasteiger partial charge on any atom is 0.311 e. The predicted molar refractivity (Wildman–Crippen MR) is 73.6 cm³/mol. The van der Waals surface area contributed by atoms with Crippen LogP contribution in [0.2, 0.25) is 0 Å². The quantitative estimate of drug-likeness (QED) is 0.801. The lowest BCUT2D eigenvalue weighted by Gasteiger charge is -2.35. The largest absolute Gasteiger partial charge is 0.460 e. The number of ether oxygens (including phenoxy) is 2. The van der Waals surface area contributed by atoms with Crippen molar-refractivity contribution in [3.8, 4) is 6.07 Å². The molecule has 0 spiro atoms. The van der Waals surface area contributed by atoms with Crippen LogP contribution in [-0.4, -0.2) is 30.1 Å². The Labute approximate surface area is 125 Å². The van der Waals surface area contributed by atoms with Gasteiger partial charge in [-0.15, -0.1) is 0 Å². The second kappa shape index (κ2) is 4.96. The van der Waals surface area contributed by atoms with Gasteiger partial charge in [-0.1, -0.05) is 6.92 Å². The summed E-state index contributed by atoms with van der Waals surface area (Å²) in [5, 5.41) is 19.5. The molecule has 3 fully saturated rings. The van der Waals surface area contributed by atoms with Crippen LogP contribution < -0.4 is 0 Å². The zero-order valence-electron chi connectivity index (χ0n) is 12.8. The fourth-order valence-corrected chi connectivity index (χ4v) is 4.26. The monoisotopic (exact) mass is 293 g/mol. The molecule has 0 aromatic rings. The van der Waals surface area contributed by atoms with Gasteiger partial charge in [0.2, 0.25) is 0 Å². The molecule has 3 rings (SSSR count). The van der Waals surface area contributed by atoms with Crippen LogP contribution in [0.3, 0.4) is 0 Å². The Hall–Kier alpha value is -1.12. The molecule has 116 valence electrons. The second-order valence-corrected chi connectivity index (χ2v) is 7.29. The molecule has 1 heterocycles. The molecular formula is C16H23NO4. The third-order valence-corrected chi connectivity index (χ3v) is 5.94. The number of aliphatic hydroxyl groups is 1. The lowest BCUT2D eigenvalue weighted by Crippen LogP contribution is -2.43. The highest BCUT2D eigenvalue weighted by Crippen LogP contribution is 2.59. The van der Waals surface area contributed by atoms with E-state index in [-0.39, 0.29) is 35.6 Å². The average molecular weight is 293 g/mol. The van der Waals surface area contributed by atoms with Crippen molar-refractivity contribution in [1.82, 2.24) is 0 Å². The van der Waals surface area contributed by atoms with Crippen molar-refractivity contribution < 1.29 is 19.4 Å². The highest BCUT2D eigenvalue weighted by atomic mass is 16.6. The number of rotatable bonds is 3. The van der Waals surface area contributed by atoms with Gasteiger partial charge in [-0.25, -0.2) is 0 Å². The number of nitrogens with zero attached hydrogens (tertiary/aromatic N) is 1. The van der Waals surface area contributed by atoms with E-state index < -0.39 is 17.8 Å². The first-order valence-electron chi connectivity index (χ1n) is 7.81. The molecule has 2 saturated carbocycles. The van der Waals surface area contributed by atoms with Crippen molar-refractivity contribution in [2.45, 2.75) is 46.0 Å². The highest BCUT2D eigenvalue weighted by molar-refractivity contribution is 5.76. The van der Waals surface area contributed by atoms with Gasteiger partial charge in [0, 0.05) is 11.8 Å². The zero-order valence-corrected chi connectivity index (χ0v) is 12.8. The summed E-state index contributed by atoms with van der Waals surface area (Å²) in [6.45, 7) is 6.20. The number of fused-ring (bicyclic) bond motifs is 5. The van der Waals surface area contributed by atoms with Crippen LogP contribution in [0, 0.1) is 46.3 Å². The molecule has 0 aromatic heterocycles. The summed E-state index contributed by atoms with van der Waals surface area (Å²) in [5.41, 5.74) is -0.536. The first kappa shape index (κ1) is 14.8. The number of carbonyl (C=O) groups excluding carboxylic acids is 1. The molecule has 1 N–H and O–H groups in total. The Morgan fingerprint density at radius 2 is 2.14 bits per heavy atom. The third-order valence-electron chi connectivity index (χ3n) is 5.94. The number of aliphatic hydroxyl groups excluding tert-OH is 1. The number of nitriles is 1. The summed E-state index contributed by atoms with van der Waals surface area (Å²) in [7, 11) is 0. The van der Waals surface area contributed by atoms with Crippen LogP contribution in [-0.2, 0) is 14.3 Å². The Kier molecular flexibility index (Phi) is 3.50. The van der Waals surface area contributed by atoms with Gasteiger partial charge in [0.25, 0.3) is 0 Å². The van der Waals surface area contributed by atoms with Crippen LogP contribution in [0.5, 0.6) is 0 Å². The van der Waals surface area contributed by atoms with Crippen LogP contribution in [0.1, 0.15) is 33.6 Å². The van der Waals surface area contributed by atoms with Gasteiger partial charge in [0.05, 0.1) is 24.0 Å². The smallest absolute Gasteiger partial charge is 0.311 e. The third kappa shape index (κ3) is 2.08. The predicted octanol–water partition coefficient (Wildman–Crippen LogP) is 1.70. The SMILES string of the molecule is CCC(C)(C)C(=O)OC1C(C#N)C2CC1C1C(O)OCC21. The average Bonchev–Trinajstić information content (AvgIpc) is 3.10. The Morgan fingerprint density at radius 3 is 2.76 bits per heavy atom. The fourth-order valence-electron chi connectivity index (χ4n) is 4.26. The molecule has 2 bridgehead atoms. The van der Waals surface area contributed by atoms with E-state index in [1.165, 1.54) is 0 Å². The molecule has 3 aliphatic rings. The number of hydrogen-bond donors (Lipinski definition) is 1. The van der Waals surface area contributed by atoms with Gasteiger partial charge in [0.15, 0.2) is 6.29 Å². The van der Waals surface area contributed by atoms with Gasteiger partial charge < -0.3 is 14.6 Å². The van der Waals surface area contributed by atoms with Gasteiger partial charge in [-0.05, 0) is 38.5 Å². The Bertz CT molecular complexity index is 483. The van der Waals surface area contributed by atoms with E-state index in [0.29, 0.717) is 13.0 Å². The summed E-state index contributed by atoms with van der Waals surface area (Å²) >= 11 is 0. The molecule has 0 radical (unpaired) electrons. The molecule has 7 unspecified atom stereocenters. The van der Waals surface area contributed by atoms with Gasteiger partial charge >= 0.3 is 5.97 Å². The standard InChI is InChI=1S/C16H23NO4/c1-4-16(2,3)15(19)21-13-9-5-8(10(13)6-17)11-7-20-14(18)12(9)11/h8-14,18H,4-5,7H2,1-3H3. The molecule has 0 aromatic carbocycles. The molecule has 1 aliphatic heterocycles. The van der Waals surface area contributed by atoms with Crippen molar-refractivity contribution in [2.75, 3.05) is 6.61 Å². The summed E-state index contributed by atoms with van der Waals surface area (Å²) in [5.74, 6) is -0.0103. The minimum atomic E-state index is -0.773. The maximum atomic E-state index is 12.3. The molecule has 2 aliphatic carbocycles. The van der Waals surface area contributed by atoms with Crippen molar-refractivity contribution in [2.24, 2.45) is 35.0 Å². The van der Waals surface area contributed by atoms with E-state index in [9.17, 15) is 15.2 Å². The minimum Gasteiger partial charge on any atom is -0.460 e. The number of esters is 1. The van der Waals surface area contributed by atoms with E-state index in [4.69, 9.17) is 9.47 Å². The zero-order chi connectivity index (χ0) is 15.4. The minimum absolute atomic E-state index is 0.0159. The van der Waals surface area contributed by atoms with Crippen LogP contribution >= 0.6 is 0 Å².